The van der Waals surface area contributed by atoms with Crippen LogP contribution in [0.3, 0.4) is 0 Å². The van der Waals surface area contributed by atoms with E-state index in [0.717, 1.165) is 24.3 Å². The van der Waals surface area contributed by atoms with Crippen molar-refractivity contribution in [3.63, 3.8) is 0 Å². The normalized spacial score (nSPS) is 11.1. The third kappa shape index (κ3) is 3.23. The van der Waals surface area contributed by atoms with Crippen molar-refractivity contribution in [1.29, 1.82) is 0 Å². The van der Waals surface area contributed by atoms with Crippen LogP contribution in [0.25, 0.3) is 0 Å². The first-order valence-electron chi connectivity index (χ1n) is 5.48. The Kier molecular flexibility index (Phi) is 4.00. The Morgan fingerprint density at radius 3 is 2.62 bits per heavy atom. The Bertz CT molecular complexity index is 844. The van der Waals surface area contributed by atoms with E-state index in [1.165, 1.54) is 6.07 Å². The van der Waals surface area contributed by atoms with Gasteiger partial charge in [0.25, 0.3) is 15.6 Å². The fraction of sp³-hybridized carbons (Fsp3) is 0. The summed E-state index contributed by atoms with van der Waals surface area (Å²) in [6, 6.07) is 5.67. The molecule has 10 heteroatoms. The lowest BCUT2D eigenvalue weighted by atomic mass is 10.2. The molecule has 7 nitrogen and oxygen atoms in total. The molecule has 0 saturated heterocycles. The monoisotopic (exact) mass is 328 g/mol. The summed E-state index contributed by atoms with van der Waals surface area (Å²) < 4.78 is 40.3. The molecule has 4 N–H and O–H groups in total. The van der Waals surface area contributed by atoms with Crippen molar-refractivity contribution in [2.24, 2.45) is 5.73 Å². The molecule has 0 aliphatic rings. The summed E-state index contributed by atoms with van der Waals surface area (Å²) in [5, 5.41) is 5.57. The molecule has 21 heavy (non-hydrogen) atoms. The number of hydrogen-bond acceptors (Lipinski definition) is 5. The Morgan fingerprint density at radius 2 is 2.05 bits per heavy atom. The second-order valence-corrected chi connectivity index (χ2v) is 5.98. The van der Waals surface area contributed by atoms with E-state index in [9.17, 15) is 17.6 Å². The molecular formula is C11H9FN4O3S2. The van der Waals surface area contributed by atoms with Crippen LogP contribution in [0, 0.1) is 5.82 Å². The lowest BCUT2D eigenvalue weighted by molar-refractivity contribution is 0.594. The van der Waals surface area contributed by atoms with Crippen LogP contribution in [-0.2, 0) is 10.0 Å². The molecule has 0 bridgehead atoms. The Labute approximate surface area is 124 Å². The highest BCUT2D eigenvalue weighted by atomic mass is 32.2. The fourth-order valence-corrected chi connectivity index (χ4v) is 3.07. The molecule has 110 valence electrons. The van der Waals surface area contributed by atoms with Crippen molar-refractivity contribution in [2.45, 2.75) is 4.90 Å². The molecule has 1 heterocycles. The van der Waals surface area contributed by atoms with Crippen molar-refractivity contribution < 1.29 is 12.8 Å². The summed E-state index contributed by atoms with van der Waals surface area (Å²) in [5.41, 5.74) is 4.48. The number of H-pyrrole nitrogens is 1. The van der Waals surface area contributed by atoms with Gasteiger partial charge in [0.15, 0.2) is 5.82 Å². The van der Waals surface area contributed by atoms with Crippen LogP contribution in [0.4, 0.5) is 10.2 Å². The molecule has 0 unspecified atom stereocenters. The zero-order valence-electron chi connectivity index (χ0n) is 10.3. The van der Waals surface area contributed by atoms with Crippen LogP contribution in [0.5, 0.6) is 0 Å². The Morgan fingerprint density at radius 1 is 1.33 bits per heavy atom. The fourth-order valence-electron chi connectivity index (χ4n) is 1.56. The average Bonchev–Trinajstić information content (AvgIpc) is 2.40. The number of nitrogens with zero attached hydrogens (tertiary/aromatic N) is 1. The van der Waals surface area contributed by atoms with Crippen molar-refractivity contribution in [3.05, 3.63) is 52.1 Å². The van der Waals surface area contributed by atoms with Crippen LogP contribution in [0.1, 0.15) is 5.56 Å². The minimum absolute atomic E-state index is 0.132. The van der Waals surface area contributed by atoms with E-state index in [1.54, 1.807) is 0 Å². The lowest BCUT2D eigenvalue weighted by Crippen LogP contribution is -2.22. The number of nitrogens with two attached hydrogens (primary N) is 1. The van der Waals surface area contributed by atoms with Crippen molar-refractivity contribution >= 4 is 33.0 Å². The van der Waals surface area contributed by atoms with Crippen molar-refractivity contribution in [3.8, 4) is 0 Å². The van der Waals surface area contributed by atoms with Crippen LogP contribution in [0.2, 0.25) is 0 Å². The highest BCUT2D eigenvalue weighted by molar-refractivity contribution is 7.93. The van der Waals surface area contributed by atoms with Gasteiger partial charge in [-0.3, -0.25) is 9.52 Å². The maximum absolute atomic E-state index is 13.7. The van der Waals surface area contributed by atoms with Gasteiger partial charge in [-0.15, -0.1) is 0 Å². The quantitative estimate of drug-likeness (QED) is 0.697. The van der Waals surface area contributed by atoms with Crippen LogP contribution in [-0.4, -0.2) is 23.6 Å². The number of thiocarbonyl (C=S) groups is 1. The highest BCUT2D eigenvalue weighted by Crippen LogP contribution is 2.20. The van der Waals surface area contributed by atoms with Crippen LogP contribution >= 0.6 is 12.2 Å². The van der Waals surface area contributed by atoms with E-state index in [-0.39, 0.29) is 16.4 Å². The molecule has 1 aromatic carbocycles. The first-order valence-corrected chi connectivity index (χ1v) is 7.37. The summed E-state index contributed by atoms with van der Waals surface area (Å²) in [6.45, 7) is 0. The zero-order chi connectivity index (χ0) is 15.6. The standard InChI is InChI=1S/C11H9FN4O3S2/c12-6-2-1-3-7(10(6)11(13)20)21(18,19)16-8-4-5-9(17)15-14-8/h1-5H,(H2,13,20)(H,14,16)(H,15,17). The number of benzene rings is 1. The zero-order valence-corrected chi connectivity index (χ0v) is 12.0. The second-order valence-electron chi connectivity index (χ2n) is 3.89. The van der Waals surface area contributed by atoms with Gasteiger partial charge in [0.05, 0.1) is 5.56 Å². The number of aromatic amines is 1. The molecule has 0 atom stereocenters. The number of aromatic nitrogens is 2. The molecule has 0 amide bonds. The topological polar surface area (TPSA) is 118 Å². The number of nitrogens with one attached hydrogen (secondary N) is 2. The molecular weight excluding hydrogens is 319 g/mol. The van der Waals surface area contributed by atoms with E-state index in [4.69, 9.17) is 5.73 Å². The third-order valence-corrected chi connectivity index (χ3v) is 4.03. The third-order valence-electron chi connectivity index (χ3n) is 2.43. The summed E-state index contributed by atoms with van der Waals surface area (Å²) in [6.07, 6.45) is 0. The van der Waals surface area contributed by atoms with Crippen molar-refractivity contribution in [2.75, 3.05) is 4.72 Å². The van der Waals surface area contributed by atoms with Gasteiger partial charge in [-0.05, 0) is 18.2 Å². The van der Waals surface area contributed by atoms with Gasteiger partial charge >= 0.3 is 0 Å². The SMILES string of the molecule is NC(=S)c1c(F)cccc1S(=O)(=O)Nc1ccc(=O)[nH]n1. The maximum atomic E-state index is 13.7. The highest BCUT2D eigenvalue weighted by Gasteiger charge is 2.23. The van der Waals surface area contributed by atoms with E-state index in [2.05, 4.69) is 27.1 Å². The number of halogens is 1. The van der Waals surface area contributed by atoms with Gasteiger partial charge in [0.2, 0.25) is 0 Å². The smallest absolute Gasteiger partial charge is 0.264 e. The summed E-state index contributed by atoms with van der Waals surface area (Å²) in [5.74, 6) is -0.979. The molecule has 0 spiro atoms. The Balaban J connectivity index is 2.50. The van der Waals surface area contributed by atoms with Crippen LogP contribution in [0.15, 0.2) is 40.0 Å². The number of rotatable bonds is 4. The van der Waals surface area contributed by atoms with Gasteiger partial charge in [-0.2, -0.15) is 5.10 Å². The first kappa shape index (κ1) is 15.1. The van der Waals surface area contributed by atoms with Gasteiger partial charge in [-0.1, -0.05) is 18.3 Å². The number of sulfonamides is 1. The van der Waals surface area contributed by atoms with Gasteiger partial charge < -0.3 is 5.73 Å². The largest absolute Gasteiger partial charge is 0.389 e. The minimum Gasteiger partial charge on any atom is -0.389 e. The Hall–Kier alpha value is -2.33. The minimum atomic E-state index is -4.17. The average molecular weight is 328 g/mol. The molecule has 0 aliphatic carbocycles. The molecule has 1 aromatic heterocycles. The number of anilines is 1. The number of hydrogen-bond donors (Lipinski definition) is 3. The van der Waals surface area contributed by atoms with Gasteiger partial charge in [0.1, 0.15) is 15.7 Å². The van der Waals surface area contributed by atoms with Gasteiger partial charge in [-0.25, -0.2) is 17.9 Å². The molecule has 2 rings (SSSR count). The molecule has 0 aliphatic heterocycles. The molecule has 2 aromatic rings. The predicted molar refractivity (Wildman–Crippen MR) is 78.0 cm³/mol. The molecule has 0 saturated carbocycles. The van der Waals surface area contributed by atoms with Crippen molar-refractivity contribution in [1.82, 2.24) is 10.2 Å². The van der Waals surface area contributed by atoms with E-state index >= 15 is 0 Å². The van der Waals surface area contributed by atoms with E-state index in [1.807, 2.05) is 0 Å². The maximum Gasteiger partial charge on any atom is 0.264 e. The summed E-state index contributed by atoms with van der Waals surface area (Å²) in [7, 11) is -4.17. The molecule has 0 radical (unpaired) electrons. The summed E-state index contributed by atoms with van der Waals surface area (Å²) >= 11 is 4.67. The summed E-state index contributed by atoms with van der Waals surface area (Å²) in [4.78, 5) is 10.1. The van der Waals surface area contributed by atoms with Crippen LogP contribution < -0.4 is 16.0 Å². The van der Waals surface area contributed by atoms with E-state index < -0.39 is 26.3 Å². The second kappa shape index (κ2) is 5.58. The van der Waals surface area contributed by atoms with Gasteiger partial charge in [0, 0.05) is 6.07 Å². The lowest BCUT2D eigenvalue weighted by Gasteiger charge is -2.11. The molecule has 0 fully saturated rings. The predicted octanol–water partition coefficient (Wildman–Crippen LogP) is 0.344. The first-order chi connectivity index (χ1) is 9.81. The van der Waals surface area contributed by atoms with E-state index in [0.29, 0.717) is 0 Å².